The van der Waals surface area contributed by atoms with Gasteiger partial charge >= 0.3 is 0 Å². The monoisotopic (exact) mass is 591 g/mol. The fourth-order valence-corrected chi connectivity index (χ4v) is 7.97. The molecule has 3 heterocycles. The molecule has 10 heteroatoms. The molecule has 3 unspecified atom stereocenters. The molecule has 5 rings (SSSR count). The van der Waals surface area contributed by atoms with Crippen LogP contribution in [0.3, 0.4) is 0 Å². The molecule has 1 aromatic rings. The van der Waals surface area contributed by atoms with Crippen LogP contribution >= 0.6 is 15.9 Å². The van der Waals surface area contributed by atoms with Crippen LogP contribution in [0.1, 0.15) is 58.8 Å². The van der Waals surface area contributed by atoms with Crippen LogP contribution in [-0.2, 0) is 19.1 Å². The fraction of sp³-hybridized carbons (Fsp3) is 0.679. The maximum absolute atomic E-state index is 14.1. The molecule has 38 heavy (non-hydrogen) atoms. The summed E-state index contributed by atoms with van der Waals surface area (Å²) in [5, 5.41) is 16.3. The number of anilines is 1. The summed E-state index contributed by atoms with van der Waals surface area (Å²) < 4.78 is 12.0. The van der Waals surface area contributed by atoms with Gasteiger partial charge in [0, 0.05) is 16.6 Å². The summed E-state index contributed by atoms with van der Waals surface area (Å²) in [6.07, 6.45) is 5.52. The molecule has 9 nitrogen and oxygen atoms in total. The minimum absolute atomic E-state index is 0.0648. The number of ether oxygens (including phenoxy) is 2. The predicted octanol–water partition coefficient (Wildman–Crippen LogP) is 2.99. The van der Waals surface area contributed by atoms with Gasteiger partial charge in [-0.25, -0.2) is 0 Å². The van der Waals surface area contributed by atoms with E-state index in [1.54, 1.807) is 24.3 Å². The van der Waals surface area contributed by atoms with Gasteiger partial charge in [0.2, 0.25) is 17.7 Å². The number of halogens is 1. The standard InChI is InChI=1S/C28H38BrN3O6/c1-3-18(15-33)32-24(26(35)31-16-8-6-5-7-9-16)28-14-20(29)23(38-28)21(22(28)27(32)36)25(34)30-17-10-12-19(13-11-17)37-4-2/h10-13,16,18,20-24,33H,3-9,14-15H2,1-2H3,(H,30,34)(H,31,35)/t18-,20?,21+,22-,23+,24?,28?/m0/s1. The first-order valence-electron chi connectivity index (χ1n) is 13.9. The van der Waals surface area contributed by atoms with Crippen LogP contribution in [0.25, 0.3) is 0 Å². The Hall–Kier alpha value is -2.17. The van der Waals surface area contributed by atoms with E-state index in [9.17, 15) is 19.5 Å². The van der Waals surface area contributed by atoms with Gasteiger partial charge in [-0.05, 0) is 56.9 Å². The number of carbonyl (C=O) groups excluding carboxylic acids is 3. The first kappa shape index (κ1) is 27.4. The molecule has 0 aromatic heterocycles. The highest BCUT2D eigenvalue weighted by atomic mass is 79.9. The Morgan fingerprint density at radius 1 is 1.18 bits per heavy atom. The Labute approximate surface area is 232 Å². The molecule has 0 radical (unpaired) electrons. The number of aliphatic hydroxyl groups is 1. The molecule has 2 bridgehead atoms. The molecule has 3 aliphatic heterocycles. The molecule has 3 N–H and O–H groups in total. The van der Waals surface area contributed by atoms with Crippen molar-refractivity contribution < 1.29 is 29.0 Å². The van der Waals surface area contributed by atoms with Crippen molar-refractivity contribution in [1.82, 2.24) is 10.2 Å². The Kier molecular flexibility index (Phi) is 8.03. The van der Waals surface area contributed by atoms with Crippen molar-refractivity contribution >= 4 is 39.3 Å². The number of hydrogen-bond donors (Lipinski definition) is 3. The third-order valence-corrected chi connectivity index (χ3v) is 9.58. The van der Waals surface area contributed by atoms with Gasteiger partial charge in [0.1, 0.15) is 17.4 Å². The molecule has 1 aromatic carbocycles. The molecule has 1 spiro atoms. The summed E-state index contributed by atoms with van der Waals surface area (Å²) in [5.74, 6) is -1.70. The number of benzene rings is 1. The van der Waals surface area contributed by atoms with E-state index in [2.05, 4.69) is 26.6 Å². The van der Waals surface area contributed by atoms with E-state index < -0.39 is 35.6 Å². The highest BCUT2D eigenvalue weighted by Gasteiger charge is 2.77. The fourth-order valence-electron chi connectivity index (χ4n) is 7.03. The van der Waals surface area contributed by atoms with Gasteiger partial charge in [-0.3, -0.25) is 14.4 Å². The molecular formula is C28H38BrN3O6. The molecule has 1 saturated carbocycles. The summed E-state index contributed by atoms with van der Waals surface area (Å²) in [5.41, 5.74) is -0.532. The number of alkyl halides is 1. The maximum Gasteiger partial charge on any atom is 0.246 e. The molecule has 4 aliphatic rings. The number of rotatable bonds is 9. The maximum atomic E-state index is 14.1. The molecule has 1 aliphatic carbocycles. The van der Waals surface area contributed by atoms with Gasteiger partial charge < -0.3 is 30.1 Å². The summed E-state index contributed by atoms with van der Waals surface area (Å²) in [4.78, 5) is 43.0. The van der Waals surface area contributed by atoms with Crippen LogP contribution in [0.15, 0.2) is 24.3 Å². The number of carbonyl (C=O) groups is 3. The lowest BCUT2D eigenvalue weighted by Crippen LogP contribution is -2.59. The van der Waals surface area contributed by atoms with Crippen molar-refractivity contribution in [2.75, 3.05) is 18.5 Å². The lowest BCUT2D eigenvalue weighted by atomic mass is 9.70. The smallest absolute Gasteiger partial charge is 0.246 e. The summed E-state index contributed by atoms with van der Waals surface area (Å²) in [7, 11) is 0. The van der Waals surface area contributed by atoms with E-state index in [0.29, 0.717) is 30.9 Å². The molecule has 7 atom stereocenters. The van der Waals surface area contributed by atoms with Crippen LogP contribution in [0.2, 0.25) is 0 Å². The number of nitrogens with zero attached hydrogens (tertiary/aromatic N) is 1. The predicted molar refractivity (Wildman–Crippen MR) is 145 cm³/mol. The molecule has 3 amide bonds. The summed E-state index contributed by atoms with van der Waals surface area (Å²) >= 11 is 3.70. The Morgan fingerprint density at radius 2 is 1.89 bits per heavy atom. The number of amides is 3. The van der Waals surface area contributed by atoms with E-state index in [0.717, 1.165) is 32.1 Å². The second kappa shape index (κ2) is 11.1. The third kappa shape index (κ3) is 4.62. The van der Waals surface area contributed by atoms with Gasteiger partial charge in [-0.15, -0.1) is 0 Å². The third-order valence-electron chi connectivity index (χ3n) is 8.74. The molecule has 208 valence electrons. The van der Waals surface area contributed by atoms with Crippen molar-refractivity contribution in [3.8, 4) is 5.75 Å². The van der Waals surface area contributed by atoms with Gasteiger partial charge in [0.25, 0.3) is 0 Å². The van der Waals surface area contributed by atoms with E-state index in [-0.39, 0.29) is 35.2 Å². The lowest BCUT2D eigenvalue weighted by molar-refractivity contribution is -0.145. The van der Waals surface area contributed by atoms with Crippen molar-refractivity contribution in [2.24, 2.45) is 11.8 Å². The second-order valence-corrected chi connectivity index (χ2v) is 12.1. The van der Waals surface area contributed by atoms with Crippen LogP contribution in [0, 0.1) is 11.8 Å². The average molecular weight is 593 g/mol. The van der Waals surface area contributed by atoms with Gasteiger partial charge in [-0.1, -0.05) is 42.1 Å². The van der Waals surface area contributed by atoms with Crippen LogP contribution in [0.4, 0.5) is 5.69 Å². The zero-order chi connectivity index (χ0) is 27.0. The van der Waals surface area contributed by atoms with E-state index >= 15 is 0 Å². The van der Waals surface area contributed by atoms with E-state index in [1.165, 1.54) is 4.90 Å². The number of hydrogen-bond acceptors (Lipinski definition) is 6. The normalized spacial score (nSPS) is 33.2. The van der Waals surface area contributed by atoms with Crippen LogP contribution in [0.5, 0.6) is 5.75 Å². The lowest BCUT2D eigenvalue weighted by Gasteiger charge is -2.37. The number of fused-ring (bicyclic) bond motifs is 1. The Morgan fingerprint density at radius 3 is 2.53 bits per heavy atom. The first-order valence-corrected chi connectivity index (χ1v) is 14.8. The van der Waals surface area contributed by atoms with Crippen LogP contribution < -0.4 is 15.4 Å². The molecule has 3 saturated heterocycles. The first-order chi connectivity index (χ1) is 18.3. The minimum Gasteiger partial charge on any atom is -0.494 e. The zero-order valence-electron chi connectivity index (χ0n) is 22.0. The Balaban J connectivity index is 1.44. The quantitative estimate of drug-likeness (QED) is 0.380. The van der Waals surface area contributed by atoms with Crippen LogP contribution in [-0.4, -0.2) is 75.6 Å². The molecular weight excluding hydrogens is 554 g/mol. The number of aliphatic hydroxyl groups excluding tert-OH is 1. The highest BCUT2D eigenvalue weighted by molar-refractivity contribution is 9.09. The van der Waals surface area contributed by atoms with Crippen molar-refractivity contribution in [2.45, 2.75) is 93.5 Å². The second-order valence-electron chi connectivity index (χ2n) is 10.9. The highest BCUT2D eigenvalue weighted by Crippen LogP contribution is 2.60. The zero-order valence-corrected chi connectivity index (χ0v) is 23.6. The van der Waals surface area contributed by atoms with Crippen molar-refractivity contribution in [3.05, 3.63) is 24.3 Å². The number of likely N-dealkylation sites (tertiary alicyclic amines) is 1. The number of nitrogens with one attached hydrogen (secondary N) is 2. The minimum atomic E-state index is -1.13. The molecule has 4 fully saturated rings. The van der Waals surface area contributed by atoms with Gasteiger partial charge in [-0.2, -0.15) is 0 Å². The van der Waals surface area contributed by atoms with Gasteiger partial charge in [0.15, 0.2) is 0 Å². The van der Waals surface area contributed by atoms with Crippen molar-refractivity contribution in [1.29, 1.82) is 0 Å². The van der Waals surface area contributed by atoms with E-state index in [1.807, 2.05) is 13.8 Å². The van der Waals surface area contributed by atoms with E-state index in [4.69, 9.17) is 9.47 Å². The summed E-state index contributed by atoms with van der Waals surface area (Å²) in [6, 6.07) is 5.73. The average Bonchev–Trinajstić information content (AvgIpc) is 3.50. The largest absolute Gasteiger partial charge is 0.494 e. The topological polar surface area (TPSA) is 117 Å². The Bertz CT molecular complexity index is 1040. The van der Waals surface area contributed by atoms with Crippen molar-refractivity contribution in [3.63, 3.8) is 0 Å². The SMILES string of the molecule is CCOc1ccc(NC(=O)[C@H]2[C@@H]3OC4(CC3Br)C(C(=O)NC3CCCCC3)N([C@@H](CC)CO)C(=O)[C@H]24)cc1. The van der Waals surface area contributed by atoms with Gasteiger partial charge in [0.05, 0.1) is 37.2 Å². The summed E-state index contributed by atoms with van der Waals surface area (Å²) in [6.45, 7) is 4.08.